The van der Waals surface area contributed by atoms with Gasteiger partial charge in [-0.2, -0.15) is 4.31 Å². The molecule has 8 nitrogen and oxygen atoms in total. The number of carbonyl (C=O) groups excluding carboxylic acids is 2. The van der Waals surface area contributed by atoms with Crippen molar-refractivity contribution >= 4 is 21.8 Å². The Kier molecular flexibility index (Phi) is 7.17. The average Bonchev–Trinajstić information content (AvgIpc) is 2.84. The summed E-state index contributed by atoms with van der Waals surface area (Å²) < 4.78 is 33.3. The Morgan fingerprint density at radius 1 is 0.969 bits per heavy atom. The molecule has 2 amide bonds. The van der Waals surface area contributed by atoms with Gasteiger partial charge in [0.2, 0.25) is 15.9 Å². The summed E-state index contributed by atoms with van der Waals surface area (Å²) in [6.07, 6.45) is 4.26. The van der Waals surface area contributed by atoms with E-state index < -0.39 is 10.0 Å². The number of ether oxygens (including phenoxy) is 1. The minimum absolute atomic E-state index is 0.0397. The number of nitrogens with zero attached hydrogens (tertiary/aromatic N) is 3. The van der Waals surface area contributed by atoms with Crippen LogP contribution in [0.25, 0.3) is 0 Å². The van der Waals surface area contributed by atoms with Crippen LogP contribution in [0, 0.1) is 5.92 Å². The predicted molar refractivity (Wildman–Crippen MR) is 120 cm³/mol. The molecule has 3 fully saturated rings. The van der Waals surface area contributed by atoms with Crippen molar-refractivity contribution in [3.8, 4) is 0 Å². The van der Waals surface area contributed by atoms with Crippen LogP contribution in [0.15, 0.2) is 29.2 Å². The van der Waals surface area contributed by atoms with E-state index in [9.17, 15) is 18.0 Å². The lowest BCUT2D eigenvalue weighted by molar-refractivity contribution is -0.141. The number of rotatable bonds is 4. The van der Waals surface area contributed by atoms with E-state index in [1.54, 1.807) is 27.4 Å². The van der Waals surface area contributed by atoms with Gasteiger partial charge in [0.05, 0.1) is 24.0 Å². The van der Waals surface area contributed by atoms with Crippen LogP contribution in [0.4, 0.5) is 0 Å². The largest absolute Gasteiger partial charge is 0.378 e. The van der Waals surface area contributed by atoms with Crippen molar-refractivity contribution in [3.63, 3.8) is 0 Å². The maximum absolute atomic E-state index is 13.2. The van der Waals surface area contributed by atoms with Crippen molar-refractivity contribution in [3.05, 3.63) is 29.8 Å². The van der Waals surface area contributed by atoms with Crippen LogP contribution in [0.3, 0.4) is 0 Å². The van der Waals surface area contributed by atoms with Crippen molar-refractivity contribution in [1.29, 1.82) is 0 Å². The summed E-state index contributed by atoms with van der Waals surface area (Å²) in [4.78, 5) is 29.8. The highest BCUT2D eigenvalue weighted by atomic mass is 32.2. The molecule has 2 unspecified atom stereocenters. The number of hydrogen-bond acceptors (Lipinski definition) is 5. The van der Waals surface area contributed by atoms with Gasteiger partial charge in [-0.3, -0.25) is 9.59 Å². The van der Waals surface area contributed by atoms with Gasteiger partial charge in [0.15, 0.2) is 0 Å². The van der Waals surface area contributed by atoms with E-state index in [1.165, 1.54) is 6.07 Å². The van der Waals surface area contributed by atoms with Crippen molar-refractivity contribution < 1.29 is 22.7 Å². The Morgan fingerprint density at radius 2 is 1.75 bits per heavy atom. The molecule has 3 aliphatic heterocycles. The van der Waals surface area contributed by atoms with Gasteiger partial charge in [0.1, 0.15) is 0 Å². The number of likely N-dealkylation sites (tertiary alicyclic amines) is 1. The molecule has 0 radical (unpaired) electrons. The summed E-state index contributed by atoms with van der Waals surface area (Å²) in [5, 5.41) is 0. The summed E-state index contributed by atoms with van der Waals surface area (Å²) in [7, 11) is -3.65. The quantitative estimate of drug-likeness (QED) is 0.681. The molecular weight excluding hydrogens is 430 g/mol. The van der Waals surface area contributed by atoms with E-state index in [2.05, 4.69) is 0 Å². The lowest BCUT2D eigenvalue weighted by Crippen LogP contribution is -2.49. The van der Waals surface area contributed by atoms with Gasteiger partial charge in [0, 0.05) is 44.3 Å². The molecule has 0 spiro atoms. The zero-order valence-electron chi connectivity index (χ0n) is 18.7. The smallest absolute Gasteiger partial charge is 0.253 e. The fourth-order valence-electron chi connectivity index (χ4n) is 4.94. The monoisotopic (exact) mass is 463 g/mol. The molecule has 0 saturated carbocycles. The number of hydrogen-bond donors (Lipinski definition) is 0. The molecule has 0 N–H and O–H groups in total. The zero-order valence-corrected chi connectivity index (χ0v) is 19.6. The Morgan fingerprint density at radius 3 is 2.50 bits per heavy atom. The molecule has 0 aromatic heterocycles. The lowest BCUT2D eigenvalue weighted by atomic mass is 9.95. The topological polar surface area (TPSA) is 87.2 Å². The average molecular weight is 464 g/mol. The van der Waals surface area contributed by atoms with Gasteiger partial charge in [-0.05, 0) is 50.8 Å². The molecule has 2 atom stereocenters. The van der Waals surface area contributed by atoms with E-state index in [4.69, 9.17) is 4.74 Å². The summed E-state index contributed by atoms with van der Waals surface area (Å²) in [6, 6.07) is 6.31. The van der Waals surface area contributed by atoms with Crippen molar-refractivity contribution in [1.82, 2.24) is 14.1 Å². The van der Waals surface area contributed by atoms with Crippen LogP contribution in [-0.2, 0) is 19.6 Å². The van der Waals surface area contributed by atoms with Gasteiger partial charge in [-0.25, -0.2) is 8.42 Å². The number of morpholine rings is 1. The number of carbonyl (C=O) groups is 2. The second kappa shape index (κ2) is 9.89. The summed E-state index contributed by atoms with van der Waals surface area (Å²) in [5.74, 6) is -0.346. The number of sulfonamides is 1. The third-order valence-corrected chi connectivity index (χ3v) is 8.82. The first-order chi connectivity index (χ1) is 15.4. The van der Waals surface area contributed by atoms with E-state index in [-0.39, 0.29) is 28.7 Å². The first kappa shape index (κ1) is 23.2. The minimum atomic E-state index is -3.65. The first-order valence-electron chi connectivity index (χ1n) is 11.7. The predicted octanol–water partition coefficient (Wildman–Crippen LogP) is 1.96. The molecule has 176 valence electrons. The molecule has 1 aromatic rings. The van der Waals surface area contributed by atoms with Crippen molar-refractivity contribution in [2.24, 2.45) is 5.92 Å². The molecular formula is C23H33N3O5S. The molecule has 9 heteroatoms. The Bertz CT molecular complexity index is 945. The fourth-order valence-corrected chi connectivity index (χ4v) is 6.69. The summed E-state index contributed by atoms with van der Waals surface area (Å²) in [6.45, 7) is 5.69. The Hall–Kier alpha value is -1.97. The number of benzene rings is 1. The Labute approximate surface area is 190 Å². The van der Waals surface area contributed by atoms with Gasteiger partial charge in [-0.15, -0.1) is 0 Å². The molecule has 32 heavy (non-hydrogen) atoms. The maximum atomic E-state index is 13.2. The van der Waals surface area contributed by atoms with Gasteiger partial charge in [0.25, 0.3) is 5.91 Å². The normalized spacial score (nSPS) is 25.5. The highest BCUT2D eigenvalue weighted by Crippen LogP contribution is 2.27. The second-order valence-electron chi connectivity index (χ2n) is 9.02. The zero-order chi connectivity index (χ0) is 22.7. The molecule has 3 heterocycles. The fraction of sp³-hybridized carbons (Fsp3) is 0.652. The van der Waals surface area contributed by atoms with E-state index in [0.29, 0.717) is 51.5 Å². The van der Waals surface area contributed by atoms with Crippen LogP contribution in [0.2, 0.25) is 0 Å². The van der Waals surface area contributed by atoms with Crippen LogP contribution >= 0.6 is 0 Å². The maximum Gasteiger partial charge on any atom is 0.253 e. The third kappa shape index (κ3) is 4.84. The summed E-state index contributed by atoms with van der Waals surface area (Å²) in [5.41, 5.74) is 0.357. The third-order valence-electron chi connectivity index (χ3n) is 6.81. The standard InChI is InChI=1S/C23H33N3O5S/c1-18-6-2-3-11-26(18)32(29,30)21-9-4-7-19(16-21)22(27)25-10-5-8-20(17-25)23(28)24-12-14-31-15-13-24/h4,7,9,16,18,20H,2-3,5-6,8,10-15,17H2,1H3. The van der Waals surface area contributed by atoms with Crippen LogP contribution in [0.5, 0.6) is 0 Å². The highest BCUT2D eigenvalue weighted by Gasteiger charge is 2.34. The van der Waals surface area contributed by atoms with E-state index in [1.807, 2.05) is 11.8 Å². The van der Waals surface area contributed by atoms with Gasteiger partial charge < -0.3 is 14.5 Å². The minimum Gasteiger partial charge on any atom is -0.378 e. The molecule has 4 rings (SSSR count). The number of piperidine rings is 2. The van der Waals surface area contributed by atoms with Crippen molar-refractivity contribution in [2.75, 3.05) is 45.9 Å². The van der Waals surface area contributed by atoms with E-state index >= 15 is 0 Å². The SMILES string of the molecule is CC1CCCCN1S(=O)(=O)c1cccc(C(=O)N2CCCC(C(=O)N3CCOCC3)C2)c1. The first-order valence-corrected chi connectivity index (χ1v) is 13.1. The van der Waals surface area contributed by atoms with Crippen LogP contribution in [-0.4, -0.2) is 86.3 Å². The summed E-state index contributed by atoms with van der Waals surface area (Å²) >= 11 is 0. The Balaban J connectivity index is 1.48. The van der Waals surface area contributed by atoms with E-state index in [0.717, 1.165) is 32.1 Å². The lowest BCUT2D eigenvalue weighted by Gasteiger charge is -2.36. The number of amides is 2. The molecule has 0 bridgehead atoms. The second-order valence-corrected chi connectivity index (χ2v) is 10.9. The van der Waals surface area contributed by atoms with Gasteiger partial charge >= 0.3 is 0 Å². The molecule has 0 aliphatic carbocycles. The molecule has 1 aromatic carbocycles. The molecule has 3 saturated heterocycles. The van der Waals surface area contributed by atoms with Gasteiger partial charge in [-0.1, -0.05) is 12.5 Å². The van der Waals surface area contributed by atoms with Crippen LogP contribution in [0.1, 0.15) is 49.4 Å². The van der Waals surface area contributed by atoms with Crippen LogP contribution < -0.4 is 0 Å². The molecule has 3 aliphatic rings. The van der Waals surface area contributed by atoms with Crippen molar-refractivity contribution in [2.45, 2.75) is 50.0 Å². The highest BCUT2D eigenvalue weighted by molar-refractivity contribution is 7.89.